The summed E-state index contributed by atoms with van der Waals surface area (Å²) >= 11 is 1.46. The summed E-state index contributed by atoms with van der Waals surface area (Å²) in [6, 6.07) is 15.8. The van der Waals surface area contributed by atoms with Crippen molar-refractivity contribution in [1.29, 1.82) is 0 Å². The highest BCUT2D eigenvalue weighted by Gasteiger charge is 2.02. The van der Waals surface area contributed by atoms with E-state index in [-0.39, 0.29) is 5.78 Å². The lowest BCUT2D eigenvalue weighted by Crippen LogP contribution is -1.88. The van der Waals surface area contributed by atoms with Crippen LogP contribution in [-0.4, -0.2) is 12.9 Å². The van der Waals surface area contributed by atoms with Crippen LogP contribution in [0.15, 0.2) is 60.0 Å². The van der Waals surface area contributed by atoms with E-state index in [1.54, 1.807) is 13.2 Å². The molecule has 0 fully saturated rings. The van der Waals surface area contributed by atoms with E-state index >= 15 is 0 Å². The van der Waals surface area contributed by atoms with Crippen LogP contribution in [0.2, 0.25) is 0 Å². The molecule has 0 amide bonds. The van der Waals surface area contributed by atoms with Crippen molar-refractivity contribution in [3.8, 4) is 5.75 Å². The molecule has 21 heavy (non-hydrogen) atoms. The van der Waals surface area contributed by atoms with E-state index in [9.17, 15) is 4.79 Å². The molecule has 0 spiro atoms. The zero-order valence-corrected chi connectivity index (χ0v) is 12.4. The Morgan fingerprint density at radius 2 is 1.90 bits per heavy atom. The van der Waals surface area contributed by atoms with Crippen LogP contribution in [0, 0.1) is 0 Å². The third-order valence-corrected chi connectivity index (χ3v) is 4.15. The van der Waals surface area contributed by atoms with Gasteiger partial charge in [0.25, 0.3) is 0 Å². The normalized spacial score (nSPS) is 11.1. The number of thiophene rings is 1. The van der Waals surface area contributed by atoms with Gasteiger partial charge in [0.1, 0.15) is 5.75 Å². The summed E-state index contributed by atoms with van der Waals surface area (Å²) in [6.45, 7) is 0. The first-order valence-electron chi connectivity index (χ1n) is 6.60. The highest BCUT2D eigenvalue weighted by Crippen LogP contribution is 2.22. The summed E-state index contributed by atoms with van der Waals surface area (Å²) in [5.41, 5.74) is 1.01. The average molecular weight is 294 g/mol. The molecule has 0 bridgehead atoms. The first-order chi connectivity index (χ1) is 10.3. The number of benzene rings is 2. The van der Waals surface area contributed by atoms with Gasteiger partial charge in [-0.2, -0.15) is 0 Å². The van der Waals surface area contributed by atoms with Crippen LogP contribution in [0.25, 0.3) is 16.8 Å². The molecule has 2 nitrogen and oxygen atoms in total. The van der Waals surface area contributed by atoms with E-state index in [1.165, 1.54) is 11.3 Å². The monoisotopic (exact) mass is 294 g/mol. The second-order valence-electron chi connectivity index (χ2n) is 4.65. The van der Waals surface area contributed by atoms with E-state index in [0.717, 1.165) is 27.0 Å². The van der Waals surface area contributed by atoms with Gasteiger partial charge < -0.3 is 4.74 Å². The Morgan fingerprint density at radius 1 is 1.10 bits per heavy atom. The molecule has 0 saturated carbocycles. The van der Waals surface area contributed by atoms with Gasteiger partial charge in [0.2, 0.25) is 0 Å². The molecule has 2 aromatic carbocycles. The Hall–Kier alpha value is -2.39. The van der Waals surface area contributed by atoms with Crippen molar-refractivity contribution in [1.82, 2.24) is 0 Å². The highest BCUT2D eigenvalue weighted by molar-refractivity contribution is 7.12. The van der Waals surface area contributed by atoms with Gasteiger partial charge in [-0.25, -0.2) is 0 Å². The Balaban J connectivity index is 1.86. The SMILES string of the molecule is COc1ccc2cc(/C=C\C(=O)c3cccs3)ccc2c1. The van der Waals surface area contributed by atoms with Crippen molar-refractivity contribution < 1.29 is 9.53 Å². The molecule has 0 N–H and O–H groups in total. The Morgan fingerprint density at radius 3 is 2.67 bits per heavy atom. The quantitative estimate of drug-likeness (QED) is 0.510. The largest absolute Gasteiger partial charge is 0.497 e. The third-order valence-electron chi connectivity index (χ3n) is 3.26. The summed E-state index contributed by atoms with van der Waals surface area (Å²) in [6.07, 6.45) is 3.47. The van der Waals surface area contributed by atoms with Gasteiger partial charge in [-0.1, -0.05) is 30.3 Å². The molecule has 0 saturated heterocycles. The molecule has 0 atom stereocenters. The minimum Gasteiger partial charge on any atom is -0.497 e. The van der Waals surface area contributed by atoms with Gasteiger partial charge >= 0.3 is 0 Å². The zero-order chi connectivity index (χ0) is 14.7. The van der Waals surface area contributed by atoms with Crippen LogP contribution < -0.4 is 4.74 Å². The van der Waals surface area contributed by atoms with Crippen molar-refractivity contribution in [2.45, 2.75) is 0 Å². The fourth-order valence-corrected chi connectivity index (χ4v) is 2.79. The van der Waals surface area contributed by atoms with Crippen molar-refractivity contribution >= 4 is 34.0 Å². The molecule has 3 aromatic rings. The van der Waals surface area contributed by atoms with Crippen molar-refractivity contribution in [2.24, 2.45) is 0 Å². The number of rotatable bonds is 4. The molecule has 3 rings (SSSR count). The van der Waals surface area contributed by atoms with E-state index in [1.807, 2.05) is 53.9 Å². The molecule has 1 aromatic heterocycles. The number of hydrogen-bond donors (Lipinski definition) is 0. The average Bonchev–Trinajstić information content (AvgIpc) is 3.06. The number of ketones is 1. The summed E-state index contributed by atoms with van der Waals surface area (Å²) in [4.78, 5) is 12.7. The maximum atomic E-state index is 11.9. The first kappa shape index (κ1) is 13.6. The molecule has 104 valence electrons. The number of allylic oxidation sites excluding steroid dienone is 1. The summed E-state index contributed by atoms with van der Waals surface area (Å²) in [5, 5.41) is 4.16. The third kappa shape index (κ3) is 3.03. The minimum absolute atomic E-state index is 0.0415. The zero-order valence-electron chi connectivity index (χ0n) is 11.6. The van der Waals surface area contributed by atoms with E-state index < -0.39 is 0 Å². The smallest absolute Gasteiger partial charge is 0.195 e. The Bertz CT molecular complexity index is 801. The van der Waals surface area contributed by atoms with E-state index in [4.69, 9.17) is 4.74 Å². The molecule has 0 radical (unpaired) electrons. The molecule has 0 aliphatic rings. The molecule has 1 heterocycles. The first-order valence-corrected chi connectivity index (χ1v) is 7.48. The van der Waals surface area contributed by atoms with Gasteiger partial charge in [-0.05, 0) is 52.1 Å². The van der Waals surface area contributed by atoms with Crippen molar-refractivity contribution in [2.75, 3.05) is 7.11 Å². The van der Waals surface area contributed by atoms with Gasteiger partial charge in [-0.15, -0.1) is 11.3 Å². The van der Waals surface area contributed by atoms with Crippen LogP contribution in [0.3, 0.4) is 0 Å². The predicted molar refractivity (Wildman–Crippen MR) is 88.2 cm³/mol. The number of fused-ring (bicyclic) bond motifs is 1. The summed E-state index contributed by atoms with van der Waals surface area (Å²) in [5.74, 6) is 0.887. The van der Waals surface area contributed by atoms with Crippen LogP contribution in [0.1, 0.15) is 15.2 Å². The molecule has 0 unspecified atom stereocenters. The lowest BCUT2D eigenvalue weighted by molar-refractivity contribution is 0.105. The molecular weight excluding hydrogens is 280 g/mol. The molecule has 0 aliphatic carbocycles. The minimum atomic E-state index is 0.0415. The van der Waals surface area contributed by atoms with Crippen LogP contribution >= 0.6 is 11.3 Å². The van der Waals surface area contributed by atoms with E-state index in [2.05, 4.69) is 6.07 Å². The van der Waals surface area contributed by atoms with Crippen molar-refractivity contribution in [3.05, 3.63) is 70.4 Å². The van der Waals surface area contributed by atoms with Gasteiger partial charge in [0, 0.05) is 0 Å². The Labute approximate surface area is 127 Å². The number of methoxy groups -OCH3 is 1. The summed E-state index contributed by atoms with van der Waals surface area (Å²) in [7, 11) is 1.66. The second-order valence-corrected chi connectivity index (χ2v) is 5.60. The molecule has 0 aliphatic heterocycles. The summed E-state index contributed by atoms with van der Waals surface area (Å²) < 4.78 is 5.22. The van der Waals surface area contributed by atoms with Crippen LogP contribution in [0.4, 0.5) is 0 Å². The predicted octanol–water partition coefficient (Wildman–Crippen LogP) is 4.81. The van der Waals surface area contributed by atoms with Gasteiger partial charge in [0.15, 0.2) is 5.78 Å². The number of carbonyl (C=O) groups excluding carboxylic acids is 1. The molecular formula is C18H14O2S. The number of hydrogen-bond acceptors (Lipinski definition) is 3. The Kier molecular flexibility index (Phi) is 3.84. The van der Waals surface area contributed by atoms with E-state index in [0.29, 0.717) is 0 Å². The highest BCUT2D eigenvalue weighted by atomic mass is 32.1. The van der Waals surface area contributed by atoms with Crippen molar-refractivity contribution in [3.63, 3.8) is 0 Å². The standard InChI is InChI=1S/C18H14O2S/c1-20-16-8-7-14-11-13(4-6-15(14)12-16)5-9-17(19)18-3-2-10-21-18/h2-12H,1H3/b9-5-. The van der Waals surface area contributed by atoms with Crippen LogP contribution in [0.5, 0.6) is 5.75 Å². The molecule has 3 heteroatoms. The maximum absolute atomic E-state index is 11.9. The topological polar surface area (TPSA) is 26.3 Å². The number of ether oxygens (including phenoxy) is 1. The lowest BCUT2D eigenvalue weighted by Gasteiger charge is -2.03. The number of carbonyl (C=O) groups is 1. The second kappa shape index (κ2) is 5.94. The fourth-order valence-electron chi connectivity index (χ4n) is 2.15. The van der Waals surface area contributed by atoms with Crippen LogP contribution in [-0.2, 0) is 0 Å². The lowest BCUT2D eigenvalue weighted by atomic mass is 10.1. The fraction of sp³-hybridized carbons (Fsp3) is 0.0556. The maximum Gasteiger partial charge on any atom is 0.195 e. The van der Waals surface area contributed by atoms with Gasteiger partial charge in [-0.3, -0.25) is 4.79 Å². The van der Waals surface area contributed by atoms with Gasteiger partial charge in [0.05, 0.1) is 12.0 Å².